The topological polar surface area (TPSA) is 65.7 Å². The molecule has 0 fully saturated rings. The number of allylic oxidation sites excluding steroid dienone is 1. The van der Waals surface area contributed by atoms with Gasteiger partial charge in [0.1, 0.15) is 5.75 Å². The monoisotopic (exact) mass is 254 g/mol. The van der Waals surface area contributed by atoms with Gasteiger partial charge >= 0.3 is 0 Å². The summed E-state index contributed by atoms with van der Waals surface area (Å²) in [5.74, 6) is 0.387. The average Bonchev–Trinajstić information content (AvgIpc) is 2.42. The van der Waals surface area contributed by atoms with E-state index in [9.17, 15) is 10.2 Å². The van der Waals surface area contributed by atoms with E-state index in [1.165, 1.54) is 12.3 Å². The summed E-state index contributed by atoms with van der Waals surface area (Å²) in [6.45, 7) is 3.64. The highest BCUT2D eigenvalue weighted by atomic mass is 16.3. The lowest BCUT2D eigenvalue weighted by atomic mass is 10.1. The third-order valence-electron chi connectivity index (χ3n) is 2.61. The first-order valence-electron chi connectivity index (χ1n) is 5.82. The normalized spacial score (nSPS) is 10.7. The molecular weight excluding hydrogens is 240 g/mol. The summed E-state index contributed by atoms with van der Waals surface area (Å²) in [6.07, 6.45) is 5.33. The summed E-state index contributed by atoms with van der Waals surface area (Å²) in [4.78, 5) is 8.00. The summed E-state index contributed by atoms with van der Waals surface area (Å²) in [6, 6.07) is 8.53. The molecule has 0 atom stereocenters. The fourth-order valence-corrected chi connectivity index (χ4v) is 1.65. The zero-order chi connectivity index (χ0) is 13.7. The van der Waals surface area contributed by atoms with Crippen molar-refractivity contribution < 1.29 is 10.2 Å². The minimum Gasteiger partial charge on any atom is -0.507 e. The van der Waals surface area contributed by atoms with Crippen molar-refractivity contribution in [3.63, 3.8) is 0 Å². The molecule has 1 aromatic carbocycles. The standard InChI is InChI=1S/C15H14N2O2/c1-2-5-11-6-3-7-12(14(11)19)10-17-15-13(18)8-4-9-16-15/h2-4,6-10,18-19H,1,5H2/b17-10+. The quantitative estimate of drug-likeness (QED) is 0.651. The van der Waals surface area contributed by atoms with Gasteiger partial charge in [-0.2, -0.15) is 0 Å². The van der Waals surface area contributed by atoms with Crippen molar-refractivity contribution in [3.05, 3.63) is 60.3 Å². The van der Waals surface area contributed by atoms with E-state index in [0.29, 0.717) is 12.0 Å². The highest BCUT2D eigenvalue weighted by Crippen LogP contribution is 2.24. The van der Waals surface area contributed by atoms with Gasteiger partial charge in [0.15, 0.2) is 11.6 Å². The SMILES string of the molecule is C=CCc1cccc(/C=N/c2ncccc2O)c1O. The molecule has 2 N–H and O–H groups in total. The van der Waals surface area contributed by atoms with E-state index in [4.69, 9.17) is 0 Å². The van der Waals surface area contributed by atoms with Gasteiger partial charge in [-0.05, 0) is 30.2 Å². The van der Waals surface area contributed by atoms with Crippen molar-refractivity contribution in [2.75, 3.05) is 0 Å². The molecule has 2 rings (SSSR count). The minimum absolute atomic E-state index is 0.000450. The third kappa shape index (κ3) is 2.98. The number of nitrogens with zero attached hydrogens (tertiary/aromatic N) is 2. The number of benzene rings is 1. The number of aromatic nitrogens is 1. The molecule has 1 aromatic heterocycles. The van der Waals surface area contributed by atoms with Gasteiger partial charge in [0.2, 0.25) is 0 Å². The first-order valence-corrected chi connectivity index (χ1v) is 5.82. The molecule has 0 radical (unpaired) electrons. The molecule has 96 valence electrons. The zero-order valence-electron chi connectivity index (χ0n) is 10.3. The lowest BCUT2D eigenvalue weighted by molar-refractivity contribution is 0.468. The number of para-hydroxylation sites is 1. The van der Waals surface area contributed by atoms with Gasteiger partial charge in [-0.1, -0.05) is 18.2 Å². The van der Waals surface area contributed by atoms with Gasteiger partial charge in [0, 0.05) is 18.0 Å². The first kappa shape index (κ1) is 12.8. The number of aromatic hydroxyl groups is 2. The average molecular weight is 254 g/mol. The van der Waals surface area contributed by atoms with Crippen molar-refractivity contribution >= 4 is 12.0 Å². The lowest BCUT2D eigenvalue weighted by Gasteiger charge is -2.04. The molecule has 0 unspecified atom stereocenters. The van der Waals surface area contributed by atoms with Crippen LogP contribution in [0.25, 0.3) is 0 Å². The maximum atomic E-state index is 10.0. The number of rotatable bonds is 4. The molecule has 1 heterocycles. The number of pyridine rings is 1. The van der Waals surface area contributed by atoms with Crippen LogP contribution >= 0.6 is 0 Å². The number of aliphatic imine (C=N–C) groups is 1. The van der Waals surface area contributed by atoms with E-state index >= 15 is 0 Å². The molecule has 0 bridgehead atoms. The smallest absolute Gasteiger partial charge is 0.194 e. The van der Waals surface area contributed by atoms with Gasteiger partial charge in [-0.15, -0.1) is 6.58 Å². The zero-order valence-corrected chi connectivity index (χ0v) is 10.3. The van der Waals surface area contributed by atoms with Gasteiger partial charge in [-0.25, -0.2) is 9.98 Å². The van der Waals surface area contributed by atoms with Gasteiger partial charge in [0.05, 0.1) is 0 Å². The van der Waals surface area contributed by atoms with E-state index in [-0.39, 0.29) is 17.3 Å². The van der Waals surface area contributed by atoms with Crippen molar-refractivity contribution in [2.45, 2.75) is 6.42 Å². The van der Waals surface area contributed by atoms with Gasteiger partial charge < -0.3 is 10.2 Å². The Morgan fingerprint density at radius 3 is 2.79 bits per heavy atom. The molecular formula is C15H14N2O2. The predicted molar refractivity (Wildman–Crippen MR) is 75.2 cm³/mol. The van der Waals surface area contributed by atoms with Crippen molar-refractivity contribution in [2.24, 2.45) is 4.99 Å². The largest absolute Gasteiger partial charge is 0.507 e. The van der Waals surface area contributed by atoms with Crippen LogP contribution in [0, 0.1) is 0 Å². The molecule has 19 heavy (non-hydrogen) atoms. The Bertz CT molecular complexity index is 621. The van der Waals surface area contributed by atoms with Crippen LogP contribution in [0.2, 0.25) is 0 Å². The van der Waals surface area contributed by atoms with Crippen molar-refractivity contribution in [1.82, 2.24) is 4.98 Å². The Labute approximate surface area is 111 Å². The Hall–Kier alpha value is -2.62. The highest BCUT2D eigenvalue weighted by Gasteiger charge is 2.04. The molecule has 0 saturated heterocycles. The summed E-state index contributed by atoms with van der Waals surface area (Å²) >= 11 is 0. The second kappa shape index (κ2) is 5.82. The van der Waals surface area contributed by atoms with Gasteiger partial charge in [0.25, 0.3) is 0 Å². The number of hydrogen-bond acceptors (Lipinski definition) is 4. The molecule has 0 aliphatic carbocycles. The van der Waals surface area contributed by atoms with Crippen molar-refractivity contribution in [1.29, 1.82) is 0 Å². The van der Waals surface area contributed by atoms with Crippen LogP contribution in [0.4, 0.5) is 5.82 Å². The molecule has 0 saturated carbocycles. The summed E-state index contributed by atoms with van der Waals surface area (Å²) < 4.78 is 0. The molecule has 4 nitrogen and oxygen atoms in total. The lowest BCUT2D eigenvalue weighted by Crippen LogP contribution is -1.89. The fourth-order valence-electron chi connectivity index (χ4n) is 1.65. The van der Waals surface area contributed by atoms with E-state index in [0.717, 1.165) is 5.56 Å². The van der Waals surface area contributed by atoms with E-state index < -0.39 is 0 Å². The van der Waals surface area contributed by atoms with Crippen LogP contribution in [0.5, 0.6) is 11.5 Å². The Balaban J connectivity index is 2.31. The van der Waals surface area contributed by atoms with Crippen LogP contribution < -0.4 is 0 Å². The summed E-state index contributed by atoms with van der Waals surface area (Å²) in [7, 11) is 0. The predicted octanol–water partition coefficient (Wildman–Crippen LogP) is 2.97. The highest BCUT2D eigenvalue weighted by molar-refractivity contribution is 5.86. The second-order valence-electron chi connectivity index (χ2n) is 3.95. The van der Waals surface area contributed by atoms with E-state index in [2.05, 4.69) is 16.6 Å². The van der Waals surface area contributed by atoms with E-state index in [1.54, 1.807) is 24.4 Å². The van der Waals surface area contributed by atoms with E-state index in [1.807, 2.05) is 12.1 Å². The summed E-state index contributed by atoms with van der Waals surface area (Å²) in [5, 5.41) is 19.6. The second-order valence-corrected chi connectivity index (χ2v) is 3.95. The van der Waals surface area contributed by atoms with Crippen LogP contribution in [0.15, 0.2) is 54.2 Å². The third-order valence-corrected chi connectivity index (χ3v) is 2.61. The maximum Gasteiger partial charge on any atom is 0.194 e. The first-order chi connectivity index (χ1) is 9.22. The summed E-state index contributed by atoms with van der Waals surface area (Å²) in [5.41, 5.74) is 1.36. The van der Waals surface area contributed by atoms with Crippen molar-refractivity contribution in [3.8, 4) is 11.5 Å². The van der Waals surface area contributed by atoms with Crippen LogP contribution in [0.3, 0.4) is 0 Å². The Morgan fingerprint density at radius 2 is 2.05 bits per heavy atom. The van der Waals surface area contributed by atoms with Crippen LogP contribution in [-0.4, -0.2) is 21.4 Å². The van der Waals surface area contributed by atoms with Crippen LogP contribution in [-0.2, 0) is 6.42 Å². The Kier molecular flexibility index (Phi) is 3.93. The fraction of sp³-hybridized carbons (Fsp3) is 0.0667. The molecule has 0 aliphatic rings. The number of hydrogen-bond donors (Lipinski definition) is 2. The van der Waals surface area contributed by atoms with Crippen LogP contribution in [0.1, 0.15) is 11.1 Å². The molecule has 0 spiro atoms. The molecule has 2 aromatic rings. The minimum atomic E-state index is 0.000450. The molecule has 4 heteroatoms. The number of phenolic OH excluding ortho intramolecular Hbond substituents is 1. The molecule has 0 aliphatic heterocycles. The molecule has 0 amide bonds. The van der Waals surface area contributed by atoms with Gasteiger partial charge in [-0.3, -0.25) is 0 Å². The number of phenols is 1. The Morgan fingerprint density at radius 1 is 1.21 bits per heavy atom. The maximum absolute atomic E-state index is 10.0.